The fourth-order valence-corrected chi connectivity index (χ4v) is 1.48. The maximum atomic E-state index is 10.7. The zero-order valence-corrected chi connectivity index (χ0v) is 11.8. The number of hydrogen-bond donors (Lipinski definition) is 1. The van der Waals surface area contributed by atoms with Crippen molar-refractivity contribution in [3.8, 4) is 5.75 Å². The van der Waals surface area contributed by atoms with E-state index in [0.717, 1.165) is 19.4 Å². The number of hydrogen-bond acceptors (Lipinski definition) is 4. The molecule has 0 fully saturated rings. The smallest absolute Gasteiger partial charge is 0.335 e. The van der Waals surface area contributed by atoms with Crippen LogP contribution in [0.1, 0.15) is 30.1 Å². The molecule has 0 amide bonds. The molecule has 0 saturated heterocycles. The number of rotatable bonds is 11. The number of carboxylic acids is 1. The third-order valence-corrected chi connectivity index (χ3v) is 2.61. The molecule has 20 heavy (non-hydrogen) atoms. The standard InChI is InChI=1S/C15H22O5/c1-2-3-8-18-9-10-19-11-12-20-14-6-4-13(5-7-14)15(16)17/h4-7H,2-3,8-12H2,1H3,(H,16,17). The minimum Gasteiger partial charge on any atom is -0.491 e. The van der Waals surface area contributed by atoms with Crippen LogP contribution in [0.2, 0.25) is 0 Å². The fraction of sp³-hybridized carbons (Fsp3) is 0.533. The van der Waals surface area contributed by atoms with Gasteiger partial charge in [-0.3, -0.25) is 0 Å². The number of ether oxygens (including phenoxy) is 3. The summed E-state index contributed by atoms with van der Waals surface area (Å²) in [5.74, 6) is -0.305. The highest BCUT2D eigenvalue weighted by Gasteiger charge is 2.01. The first kappa shape index (κ1) is 16.5. The minimum atomic E-state index is -0.942. The Morgan fingerprint density at radius 1 is 1.00 bits per heavy atom. The lowest BCUT2D eigenvalue weighted by Gasteiger charge is -2.07. The Hall–Kier alpha value is -1.59. The van der Waals surface area contributed by atoms with E-state index in [0.29, 0.717) is 32.2 Å². The highest BCUT2D eigenvalue weighted by molar-refractivity contribution is 5.87. The van der Waals surface area contributed by atoms with Gasteiger partial charge in [-0.25, -0.2) is 4.79 Å². The van der Waals surface area contributed by atoms with Gasteiger partial charge in [-0.05, 0) is 30.7 Å². The van der Waals surface area contributed by atoms with Crippen LogP contribution in [0.4, 0.5) is 0 Å². The SMILES string of the molecule is CCCCOCCOCCOc1ccc(C(=O)O)cc1. The summed E-state index contributed by atoms with van der Waals surface area (Å²) in [7, 11) is 0. The van der Waals surface area contributed by atoms with Crippen molar-refractivity contribution in [2.24, 2.45) is 0 Å². The summed E-state index contributed by atoms with van der Waals surface area (Å²) in [6, 6.07) is 6.30. The summed E-state index contributed by atoms with van der Waals surface area (Å²) in [6.45, 7) is 4.99. The molecule has 0 bridgehead atoms. The molecule has 0 aliphatic heterocycles. The van der Waals surface area contributed by atoms with Gasteiger partial charge in [0.2, 0.25) is 0 Å². The number of benzene rings is 1. The van der Waals surface area contributed by atoms with E-state index in [2.05, 4.69) is 6.92 Å². The van der Waals surface area contributed by atoms with Gasteiger partial charge in [0.25, 0.3) is 0 Å². The van der Waals surface area contributed by atoms with E-state index in [4.69, 9.17) is 19.3 Å². The normalized spacial score (nSPS) is 10.4. The molecule has 1 N–H and O–H groups in total. The topological polar surface area (TPSA) is 65.0 Å². The summed E-state index contributed by atoms with van der Waals surface area (Å²) < 4.78 is 16.1. The van der Waals surface area contributed by atoms with Crippen molar-refractivity contribution in [3.63, 3.8) is 0 Å². The van der Waals surface area contributed by atoms with Crippen molar-refractivity contribution in [2.75, 3.05) is 33.0 Å². The second-order valence-corrected chi connectivity index (χ2v) is 4.26. The summed E-state index contributed by atoms with van der Waals surface area (Å²) in [5.41, 5.74) is 0.248. The zero-order chi connectivity index (χ0) is 14.6. The molecule has 112 valence electrons. The van der Waals surface area contributed by atoms with Gasteiger partial charge < -0.3 is 19.3 Å². The second kappa shape index (κ2) is 10.2. The highest BCUT2D eigenvalue weighted by atomic mass is 16.5. The van der Waals surface area contributed by atoms with E-state index < -0.39 is 5.97 Å². The van der Waals surface area contributed by atoms with Gasteiger partial charge >= 0.3 is 5.97 Å². The van der Waals surface area contributed by atoms with Gasteiger partial charge in [0.15, 0.2) is 0 Å². The molecule has 1 rings (SSSR count). The van der Waals surface area contributed by atoms with Crippen LogP contribution in [0.25, 0.3) is 0 Å². The van der Waals surface area contributed by atoms with Crippen LogP contribution in [-0.2, 0) is 9.47 Å². The summed E-state index contributed by atoms with van der Waals surface area (Å²) in [5, 5.41) is 8.75. The third-order valence-electron chi connectivity index (χ3n) is 2.61. The lowest BCUT2D eigenvalue weighted by molar-refractivity contribution is 0.0356. The number of carbonyl (C=O) groups is 1. The maximum absolute atomic E-state index is 10.7. The lowest BCUT2D eigenvalue weighted by Crippen LogP contribution is -2.11. The summed E-state index contributed by atoms with van der Waals surface area (Å²) in [6.07, 6.45) is 2.21. The first-order valence-electron chi connectivity index (χ1n) is 6.85. The average molecular weight is 282 g/mol. The van der Waals surface area contributed by atoms with E-state index in [-0.39, 0.29) is 5.56 Å². The predicted molar refractivity (Wildman–Crippen MR) is 75.4 cm³/mol. The molecule has 5 heteroatoms. The first-order valence-corrected chi connectivity index (χ1v) is 6.85. The Bertz CT molecular complexity index is 374. The van der Waals surface area contributed by atoms with Crippen molar-refractivity contribution < 1.29 is 24.1 Å². The van der Waals surface area contributed by atoms with E-state index in [9.17, 15) is 4.79 Å². The van der Waals surface area contributed by atoms with Crippen molar-refractivity contribution in [2.45, 2.75) is 19.8 Å². The van der Waals surface area contributed by atoms with Crippen molar-refractivity contribution in [3.05, 3.63) is 29.8 Å². The van der Waals surface area contributed by atoms with Crippen molar-refractivity contribution in [1.29, 1.82) is 0 Å². The van der Waals surface area contributed by atoms with E-state index in [1.165, 1.54) is 12.1 Å². The molecule has 0 aliphatic rings. The summed E-state index contributed by atoms with van der Waals surface area (Å²) in [4.78, 5) is 10.7. The van der Waals surface area contributed by atoms with Crippen LogP contribution in [0.3, 0.4) is 0 Å². The van der Waals surface area contributed by atoms with Gasteiger partial charge in [0.05, 0.1) is 25.4 Å². The molecular weight excluding hydrogens is 260 g/mol. The quantitative estimate of drug-likeness (QED) is 0.632. The predicted octanol–water partition coefficient (Wildman–Crippen LogP) is 2.60. The highest BCUT2D eigenvalue weighted by Crippen LogP contribution is 2.11. The summed E-state index contributed by atoms with van der Waals surface area (Å²) >= 11 is 0. The Balaban J connectivity index is 2.02. The van der Waals surface area contributed by atoms with Crippen LogP contribution in [0.5, 0.6) is 5.75 Å². The monoisotopic (exact) mass is 282 g/mol. The Morgan fingerprint density at radius 3 is 2.20 bits per heavy atom. The molecule has 0 heterocycles. The van der Waals surface area contributed by atoms with Gasteiger partial charge in [-0.15, -0.1) is 0 Å². The van der Waals surface area contributed by atoms with Gasteiger partial charge in [0.1, 0.15) is 12.4 Å². The molecular formula is C15H22O5. The van der Waals surface area contributed by atoms with Crippen molar-refractivity contribution >= 4 is 5.97 Å². The molecule has 5 nitrogen and oxygen atoms in total. The van der Waals surface area contributed by atoms with Gasteiger partial charge in [-0.1, -0.05) is 13.3 Å². The van der Waals surface area contributed by atoms with Crippen LogP contribution in [0, 0.1) is 0 Å². The van der Waals surface area contributed by atoms with Gasteiger partial charge in [0, 0.05) is 6.61 Å². The zero-order valence-electron chi connectivity index (χ0n) is 11.8. The maximum Gasteiger partial charge on any atom is 0.335 e. The molecule has 0 atom stereocenters. The third kappa shape index (κ3) is 7.11. The van der Waals surface area contributed by atoms with Crippen molar-refractivity contribution in [1.82, 2.24) is 0 Å². The Kier molecular flexibility index (Phi) is 8.42. The molecule has 1 aromatic rings. The number of unbranched alkanes of at least 4 members (excludes halogenated alkanes) is 1. The van der Waals surface area contributed by atoms with Crippen LogP contribution < -0.4 is 4.74 Å². The average Bonchev–Trinajstić information content (AvgIpc) is 2.46. The van der Waals surface area contributed by atoms with E-state index in [1.807, 2.05) is 0 Å². The van der Waals surface area contributed by atoms with Gasteiger partial charge in [-0.2, -0.15) is 0 Å². The largest absolute Gasteiger partial charge is 0.491 e. The van der Waals surface area contributed by atoms with Crippen LogP contribution in [-0.4, -0.2) is 44.1 Å². The Labute approximate surface area is 119 Å². The molecule has 1 aromatic carbocycles. The molecule has 0 spiro atoms. The molecule has 0 unspecified atom stereocenters. The lowest BCUT2D eigenvalue weighted by atomic mass is 10.2. The minimum absolute atomic E-state index is 0.248. The van der Waals surface area contributed by atoms with E-state index in [1.54, 1.807) is 12.1 Å². The Morgan fingerprint density at radius 2 is 1.60 bits per heavy atom. The number of aromatic carboxylic acids is 1. The molecule has 0 aliphatic carbocycles. The van der Waals surface area contributed by atoms with Crippen LogP contribution >= 0.6 is 0 Å². The first-order chi connectivity index (χ1) is 9.74. The molecule has 0 saturated carbocycles. The van der Waals surface area contributed by atoms with Crippen LogP contribution in [0.15, 0.2) is 24.3 Å². The van der Waals surface area contributed by atoms with E-state index >= 15 is 0 Å². The fourth-order valence-electron chi connectivity index (χ4n) is 1.48. The molecule has 0 aromatic heterocycles. The number of carboxylic acid groups (broad SMARTS) is 1. The molecule has 0 radical (unpaired) electrons. The second-order valence-electron chi connectivity index (χ2n) is 4.26.